The van der Waals surface area contributed by atoms with Crippen LogP contribution >= 0.6 is 0 Å². The Labute approximate surface area is 203 Å². The summed E-state index contributed by atoms with van der Waals surface area (Å²) in [6, 6.07) is 7.81. The van der Waals surface area contributed by atoms with Crippen molar-refractivity contribution >= 4 is 11.8 Å². The van der Waals surface area contributed by atoms with Crippen LogP contribution in [0.3, 0.4) is 0 Å². The van der Waals surface area contributed by atoms with Gasteiger partial charge in [-0.05, 0) is 45.1 Å². The second-order valence-corrected chi connectivity index (χ2v) is 9.95. The first-order valence-electron chi connectivity index (χ1n) is 12.1. The number of benzene rings is 1. The Kier molecular flexibility index (Phi) is 11.2. The molecule has 1 aliphatic rings. The van der Waals surface area contributed by atoms with Crippen LogP contribution in [0.2, 0.25) is 0 Å². The van der Waals surface area contributed by atoms with Gasteiger partial charge in [0.15, 0.2) is 0 Å². The molecule has 1 fully saturated rings. The normalized spacial score (nSPS) is 17.7. The highest BCUT2D eigenvalue weighted by Crippen LogP contribution is 2.31. The average molecular weight is 476 g/mol. The maximum atomic E-state index is 13.1. The first kappa shape index (κ1) is 28.0. The molecule has 1 aromatic carbocycles. The molecule has 8 nitrogen and oxygen atoms in total. The third-order valence-corrected chi connectivity index (χ3v) is 5.85. The van der Waals surface area contributed by atoms with Gasteiger partial charge in [-0.2, -0.15) is 0 Å². The molecule has 0 heterocycles. The molecule has 5 N–H and O–H groups in total. The summed E-state index contributed by atoms with van der Waals surface area (Å²) in [7, 11) is 0. The van der Waals surface area contributed by atoms with Crippen molar-refractivity contribution in [2.75, 3.05) is 6.54 Å². The van der Waals surface area contributed by atoms with Crippen LogP contribution in [-0.2, 0) is 20.7 Å². The molecule has 190 valence electrons. The molecule has 3 unspecified atom stereocenters. The van der Waals surface area contributed by atoms with E-state index in [-0.39, 0.29) is 12.3 Å². The molecule has 1 saturated carbocycles. The molecular weight excluding hydrogens is 434 g/mol. The van der Waals surface area contributed by atoms with E-state index in [0.29, 0.717) is 25.3 Å². The summed E-state index contributed by atoms with van der Waals surface area (Å²) in [4.78, 5) is 25.9. The summed E-state index contributed by atoms with van der Waals surface area (Å²) in [6.07, 6.45) is 3.48. The number of rotatable bonds is 14. The van der Waals surface area contributed by atoms with Gasteiger partial charge < -0.3 is 25.6 Å². The summed E-state index contributed by atoms with van der Waals surface area (Å²) in [6.45, 7) is 9.48. The average Bonchev–Trinajstić information content (AvgIpc) is 2.73. The lowest BCUT2D eigenvalue weighted by Crippen LogP contribution is -2.57. The number of ether oxygens (including phenoxy) is 1. The van der Waals surface area contributed by atoms with Crippen LogP contribution in [-0.4, -0.2) is 58.8 Å². The van der Waals surface area contributed by atoms with Gasteiger partial charge in [0.05, 0.1) is 5.60 Å². The lowest BCUT2D eigenvalue weighted by molar-refractivity contribution is -0.190. The van der Waals surface area contributed by atoms with Crippen LogP contribution in [0.4, 0.5) is 0 Å². The van der Waals surface area contributed by atoms with Gasteiger partial charge in [0, 0.05) is 19.0 Å². The van der Waals surface area contributed by atoms with Gasteiger partial charge in [0.2, 0.25) is 12.3 Å². The minimum atomic E-state index is -1.46. The first-order valence-corrected chi connectivity index (χ1v) is 12.1. The molecule has 2 rings (SSSR count). The van der Waals surface area contributed by atoms with Crippen LogP contribution in [0.5, 0.6) is 0 Å². The second kappa shape index (κ2) is 13.6. The van der Waals surface area contributed by atoms with E-state index in [2.05, 4.69) is 22.5 Å². The largest absolute Gasteiger partial charge is 0.382 e. The third kappa shape index (κ3) is 9.93. The summed E-state index contributed by atoms with van der Waals surface area (Å²) in [5, 5.41) is 29.6. The van der Waals surface area contributed by atoms with E-state index in [1.807, 2.05) is 30.3 Å². The number of aliphatic hydroxyl groups excluding tert-OH is 2. The minimum Gasteiger partial charge on any atom is -0.382 e. The fraction of sp³-hybridized carbons (Fsp3) is 0.615. The highest BCUT2D eigenvalue weighted by Gasteiger charge is 2.34. The summed E-state index contributed by atoms with van der Waals surface area (Å²) >= 11 is 0. The quantitative estimate of drug-likeness (QED) is 0.160. The van der Waals surface area contributed by atoms with E-state index < -0.39 is 36.1 Å². The Bertz CT molecular complexity index is 776. The van der Waals surface area contributed by atoms with E-state index in [9.17, 15) is 19.8 Å². The van der Waals surface area contributed by atoms with Crippen molar-refractivity contribution in [2.45, 2.75) is 89.5 Å². The molecule has 1 aliphatic carbocycles. The maximum Gasteiger partial charge on any atom is 0.251 e. The molecule has 0 aromatic heterocycles. The van der Waals surface area contributed by atoms with Crippen molar-refractivity contribution < 1.29 is 24.5 Å². The number of carbonyl (C=O) groups excluding carboxylic acids is 2. The zero-order valence-corrected chi connectivity index (χ0v) is 20.6. The Morgan fingerprint density at radius 2 is 1.85 bits per heavy atom. The number of hydrogen-bond donors (Lipinski definition) is 5. The third-order valence-electron chi connectivity index (χ3n) is 5.85. The Balaban J connectivity index is 2.09. The topological polar surface area (TPSA) is 120 Å². The minimum absolute atomic E-state index is 0.287. The predicted molar refractivity (Wildman–Crippen MR) is 132 cm³/mol. The summed E-state index contributed by atoms with van der Waals surface area (Å²) < 4.78 is 5.51. The molecule has 4 atom stereocenters. The van der Waals surface area contributed by atoms with Crippen molar-refractivity contribution in [3.63, 3.8) is 0 Å². The fourth-order valence-electron chi connectivity index (χ4n) is 3.85. The van der Waals surface area contributed by atoms with Gasteiger partial charge in [0.1, 0.15) is 12.1 Å². The van der Waals surface area contributed by atoms with Gasteiger partial charge in [-0.15, -0.1) is 6.58 Å². The Hall–Kier alpha value is -2.26. The van der Waals surface area contributed by atoms with E-state index in [0.717, 1.165) is 24.8 Å². The van der Waals surface area contributed by atoms with E-state index in [1.54, 1.807) is 26.8 Å². The zero-order valence-electron chi connectivity index (χ0n) is 20.6. The number of carbonyl (C=O) groups is 2. The van der Waals surface area contributed by atoms with Crippen molar-refractivity contribution in [2.24, 2.45) is 5.92 Å². The van der Waals surface area contributed by atoms with Crippen molar-refractivity contribution in [3.8, 4) is 0 Å². The number of amides is 2. The summed E-state index contributed by atoms with van der Waals surface area (Å²) in [5.74, 6) is -0.630. The van der Waals surface area contributed by atoms with Gasteiger partial charge in [-0.1, -0.05) is 55.7 Å². The number of hydrogen-bond acceptors (Lipinski definition) is 6. The zero-order chi connectivity index (χ0) is 25.1. The van der Waals surface area contributed by atoms with E-state index >= 15 is 0 Å². The van der Waals surface area contributed by atoms with Crippen molar-refractivity contribution in [1.29, 1.82) is 0 Å². The SMILES string of the molecule is C=CCCNC(=O)[C@H](Cc1ccccc1)NC(=O)C(O)C(CC1CCC1)NC(O)OC(C)(C)C. The second-order valence-electron chi connectivity index (χ2n) is 9.95. The Morgan fingerprint density at radius 1 is 1.18 bits per heavy atom. The van der Waals surface area contributed by atoms with Crippen molar-refractivity contribution in [1.82, 2.24) is 16.0 Å². The van der Waals surface area contributed by atoms with Crippen molar-refractivity contribution in [3.05, 3.63) is 48.6 Å². The molecule has 34 heavy (non-hydrogen) atoms. The maximum absolute atomic E-state index is 13.1. The predicted octanol–water partition coefficient (Wildman–Crippen LogP) is 2.01. The number of nitrogens with one attached hydrogen (secondary N) is 3. The molecule has 2 amide bonds. The molecule has 0 spiro atoms. The highest BCUT2D eigenvalue weighted by molar-refractivity contribution is 5.89. The molecule has 8 heteroatoms. The van der Waals surface area contributed by atoms with Gasteiger partial charge in [-0.3, -0.25) is 14.9 Å². The van der Waals surface area contributed by atoms with Gasteiger partial charge >= 0.3 is 0 Å². The number of aliphatic hydroxyl groups is 2. The van der Waals surface area contributed by atoms with Gasteiger partial charge in [0.25, 0.3) is 5.91 Å². The molecule has 0 aliphatic heterocycles. The highest BCUT2D eigenvalue weighted by atomic mass is 16.6. The van der Waals surface area contributed by atoms with Crippen LogP contribution in [0.15, 0.2) is 43.0 Å². The standard InChI is InChI=1S/C26H41N3O5/c1-5-6-15-27-23(31)21(17-18-11-8-7-9-12-18)28-24(32)22(30)20(16-19-13-10-14-19)29-25(33)34-26(2,3)4/h5,7-9,11-12,19-22,25,29-30,33H,1,6,10,13-17H2,2-4H3,(H,27,31)(H,28,32)/t20?,21-,22?,25?/m0/s1. The molecule has 1 aromatic rings. The smallest absolute Gasteiger partial charge is 0.251 e. The lowest BCUT2D eigenvalue weighted by atomic mass is 9.80. The monoisotopic (exact) mass is 475 g/mol. The molecular formula is C26H41N3O5. The van der Waals surface area contributed by atoms with Crippen LogP contribution in [0, 0.1) is 5.92 Å². The fourth-order valence-corrected chi connectivity index (χ4v) is 3.85. The Morgan fingerprint density at radius 3 is 2.41 bits per heavy atom. The molecule has 0 radical (unpaired) electrons. The first-order chi connectivity index (χ1) is 16.1. The molecule has 0 saturated heterocycles. The van der Waals surface area contributed by atoms with Crippen LogP contribution < -0.4 is 16.0 Å². The van der Waals surface area contributed by atoms with Gasteiger partial charge in [-0.25, -0.2) is 0 Å². The molecule has 0 bridgehead atoms. The van der Waals surface area contributed by atoms with Crippen LogP contribution in [0.25, 0.3) is 0 Å². The lowest BCUT2D eigenvalue weighted by Gasteiger charge is -2.35. The van der Waals surface area contributed by atoms with E-state index in [1.165, 1.54) is 0 Å². The van der Waals surface area contributed by atoms with E-state index in [4.69, 9.17) is 4.74 Å². The summed E-state index contributed by atoms with van der Waals surface area (Å²) in [5.41, 5.74) is 0.282. The van der Waals surface area contributed by atoms with Crippen LogP contribution in [0.1, 0.15) is 58.4 Å².